The lowest BCUT2D eigenvalue weighted by Crippen LogP contribution is -2.25. The van der Waals surface area contributed by atoms with Gasteiger partial charge in [0.2, 0.25) is 5.91 Å². The van der Waals surface area contributed by atoms with Crippen molar-refractivity contribution in [1.29, 1.82) is 0 Å². The Morgan fingerprint density at radius 3 is 2.72 bits per heavy atom. The van der Waals surface area contributed by atoms with Gasteiger partial charge < -0.3 is 5.32 Å². The number of benzene rings is 2. The number of fused-ring (bicyclic) bond motifs is 1. The highest BCUT2D eigenvalue weighted by molar-refractivity contribution is 9.10. The Kier molecular flexibility index (Phi) is 3.92. The molecule has 4 rings (SSSR count). The minimum atomic E-state index is -0.361. The molecule has 0 spiro atoms. The molecule has 0 fully saturated rings. The molecule has 25 heavy (non-hydrogen) atoms. The Bertz CT molecular complexity index is 965. The molecule has 2 heterocycles. The average molecular weight is 400 g/mol. The van der Waals surface area contributed by atoms with E-state index in [1.165, 1.54) is 6.07 Å². The summed E-state index contributed by atoms with van der Waals surface area (Å²) in [7, 11) is 0. The number of carbonyl (C=O) groups excluding carboxylic acids is 1. The normalized spacial score (nSPS) is 16.4. The summed E-state index contributed by atoms with van der Waals surface area (Å²) in [5.74, 6) is -0.229. The van der Waals surface area contributed by atoms with Crippen LogP contribution in [0.1, 0.15) is 29.0 Å². The van der Waals surface area contributed by atoms with Gasteiger partial charge in [0.1, 0.15) is 11.6 Å². The van der Waals surface area contributed by atoms with E-state index in [9.17, 15) is 9.18 Å². The standard InChI is InChI=1S/C19H15BrFN3O/c1-11-2-5-13(6-3-11)24-19-16(10-22-24)14(9-18(25)23-19)15-8-12(20)4-7-17(15)21/h2-8,10,14H,9H2,1H3,(H,23,25)/t14-/m0/s1. The molecule has 4 nitrogen and oxygen atoms in total. The first kappa shape index (κ1) is 16.0. The molecule has 1 atom stereocenters. The summed E-state index contributed by atoms with van der Waals surface area (Å²) < 4.78 is 16.8. The molecule has 126 valence electrons. The number of aryl methyl sites for hydroxylation is 1. The van der Waals surface area contributed by atoms with Crippen LogP contribution in [-0.2, 0) is 4.79 Å². The monoisotopic (exact) mass is 399 g/mol. The number of aromatic nitrogens is 2. The van der Waals surface area contributed by atoms with Crippen molar-refractivity contribution in [2.24, 2.45) is 0 Å². The highest BCUT2D eigenvalue weighted by Crippen LogP contribution is 2.39. The lowest BCUT2D eigenvalue weighted by Gasteiger charge is -2.24. The fourth-order valence-electron chi connectivity index (χ4n) is 3.16. The molecule has 1 aromatic heterocycles. The number of nitrogens with one attached hydrogen (secondary N) is 1. The maximum Gasteiger partial charge on any atom is 0.226 e. The van der Waals surface area contributed by atoms with Crippen molar-refractivity contribution >= 4 is 27.7 Å². The summed E-state index contributed by atoms with van der Waals surface area (Å²) in [5.41, 5.74) is 3.30. The Labute approximate surface area is 152 Å². The zero-order chi connectivity index (χ0) is 17.6. The maximum atomic E-state index is 14.4. The zero-order valence-corrected chi connectivity index (χ0v) is 15.0. The van der Waals surface area contributed by atoms with E-state index in [4.69, 9.17) is 0 Å². The average Bonchev–Trinajstić information content (AvgIpc) is 3.01. The number of carbonyl (C=O) groups is 1. The second kappa shape index (κ2) is 6.11. The van der Waals surface area contributed by atoms with Gasteiger partial charge in [-0.2, -0.15) is 5.10 Å². The Balaban J connectivity index is 1.84. The van der Waals surface area contributed by atoms with Crippen molar-refractivity contribution in [3.63, 3.8) is 0 Å². The van der Waals surface area contributed by atoms with E-state index in [0.29, 0.717) is 11.4 Å². The summed E-state index contributed by atoms with van der Waals surface area (Å²) in [5, 5.41) is 7.31. The first-order valence-corrected chi connectivity index (χ1v) is 8.72. The van der Waals surface area contributed by atoms with Gasteiger partial charge in [-0.15, -0.1) is 0 Å². The Morgan fingerprint density at radius 2 is 1.96 bits per heavy atom. The molecule has 0 saturated heterocycles. The quantitative estimate of drug-likeness (QED) is 0.686. The number of anilines is 1. The zero-order valence-electron chi connectivity index (χ0n) is 13.5. The smallest absolute Gasteiger partial charge is 0.226 e. The Morgan fingerprint density at radius 1 is 1.20 bits per heavy atom. The molecule has 2 aromatic carbocycles. The van der Waals surface area contributed by atoms with Crippen molar-refractivity contribution in [3.8, 4) is 5.69 Å². The summed E-state index contributed by atoms with van der Waals surface area (Å²) in [6.45, 7) is 2.01. The van der Waals surface area contributed by atoms with Crippen LogP contribution >= 0.6 is 15.9 Å². The van der Waals surface area contributed by atoms with Gasteiger partial charge >= 0.3 is 0 Å². The van der Waals surface area contributed by atoms with Crippen molar-refractivity contribution in [2.45, 2.75) is 19.3 Å². The summed E-state index contributed by atoms with van der Waals surface area (Å²) in [4.78, 5) is 12.3. The Hall–Kier alpha value is -2.47. The largest absolute Gasteiger partial charge is 0.310 e. The third kappa shape index (κ3) is 2.87. The summed E-state index contributed by atoms with van der Waals surface area (Å²) in [6.07, 6.45) is 1.90. The number of hydrogen-bond donors (Lipinski definition) is 1. The van der Waals surface area contributed by atoms with E-state index in [-0.39, 0.29) is 24.1 Å². The molecule has 1 amide bonds. The number of amides is 1. The van der Waals surface area contributed by atoms with E-state index in [2.05, 4.69) is 26.3 Å². The SMILES string of the molecule is Cc1ccc(-n2ncc3c2NC(=O)C[C@H]3c2cc(Br)ccc2F)cc1. The number of nitrogens with zero attached hydrogens (tertiary/aromatic N) is 2. The molecule has 0 bridgehead atoms. The van der Waals surface area contributed by atoms with Gasteiger partial charge in [0.15, 0.2) is 0 Å². The van der Waals surface area contributed by atoms with Gasteiger partial charge in [-0.1, -0.05) is 33.6 Å². The van der Waals surface area contributed by atoms with Gasteiger partial charge in [0.05, 0.1) is 11.9 Å². The lowest BCUT2D eigenvalue weighted by molar-refractivity contribution is -0.116. The van der Waals surface area contributed by atoms with Crippen LogP contribution < -0.4 is 5.32 Å². The number of rotatable bonds is 2. The predicted molar refractivity (Wildman–Crippen MR) is 97.5 cm³/mol. The van der Waals surface area contributed by atoms with Crippen molar-refractivity contribution in [1.82, 2.24) is 9.78 Å². The fraction of sp³-hybridized carbons (Fsp3) is 0.158. The van der Waals surface area contributed by atoms with Crippen LogP contribution in [0.25, 0.3) is 5.69 Å². The van der Waals surface area contributed by atoms with Crippen LogP contribution in [0.5, 0.6) is 0 Å². The van der Waals surface area contributed by atoms with Crippen molar-refractivity contribution in [3.05, 3.63) is 75.6 Å². The van der Waals surface area contributed by atoms with Crippen LogP contribution in [0.4, 0.5) is 10.2 Å². The molecule has 6 heteroatoms. The summed E-state index contributed by atoms with van der Waals surface area (Å²) in [6, 6.07) is 12.6. The molecule has 1 N–H and O–H groups in total. The van der Waals surface area contributed by atoms with Crippen LogP contribution in [0.2, 0.25) is 0 Å². The molecular weight excluding hydrogens is 385 g/mol. The van der Waals surface area contributed by atoms with Gasteiger partial charge in [0, 0.05) is 22.4 Å². The third-order valence-electron chi connectivity index (χ3n) is 4.43. The van der Waals surface area contributed by atoms with Crippen LogP contribution in [0.3, 0.4) is 0 Å². The first-order chi connectivity index (χ1) is 12.0. The van der Waals surface area contributed by atoms with Crippen LogP contribution in [0.15, 0.2) is 53.1 Å². The number of hydrogen-bond acceptors (Lipinski definition) is 2. The maximum absolute atomic E-state index is 14.4. The third-order valence-corrected chi connectivity index (χ3v) is 4.93. The topological polar surface area (TPSA) is 46.9 Å². The minimum Gasteiger partial charge on any atom is -0.310 e. The van der Waals surface area contributed by atoms with Gasteiger partial charge in [0.25, 0.3) is 0 Å². The molecule has 0 unspecified atom stereocenters. The highest BCUT2D eigenvalue weighted by Gasteiger charge is 2.32. The van der Waals surface area contributed by atoms with Crippen molar-refractivity contribution < 1.29 is 9.18 Å². The fourth-order valence-corrected chi connectivity index (χ4v) is 3.54. The van der Waals surface area contributed by atoms with Gasteiger partial charge in [-0.05, 0) is 42.8 Å². The molecule has 0 saturated carbocycles. The lowest BCUT2D eigenvalue weighted by atomic mass is 9.87. The van der Waals surface area contributed by atoms with Gasteiger partial charge in [-0.3, -0.25) is 4.79 Å². The van der Waals surface area contributed by atoms with E-state index >= 15 is 0 Å². The van der Waals surface area contributed by atoms with E-state index < -0.39 is 0 Å². The molecule has 1 aliphatic rings. The molecule has 3 aromatic rings. The van der Waals surface area contributed by atoms with Crippen molar-refractivity contribution in [2.75, 3.05) is 5.32 Å². The second-order valence-corrected chi connectivity index (χ2v) is 7.08. The molecule has 1 aliphatic heterocycles. The molecule has 0 radical (unpaired) electrons. The highest BCUT2D eigenvalue weighted by atomic mass is 79.9. The van der Waals surface area contributed by atoms with E-state index in [0.717, 1.165) is 21.3 Å². The van der Waals surface area contributed by atoms with Gasteiger partial charge in [-0.25, -0.2) is 9.07 Å². The second-order valence-electron chi connectivity index (χ2n) is 6.17. The predicted octanol–water partition coefficient (Wildman–Crippen LogP) is 4.56. The summed E-state index contributed by atoms with van der Waals surface area (Å²) >= 11 is 3.38. The van der Waals surface area contributed by atoms with Crippen LogP contribution in [-0.4, -0.2) is 15.7 Å². The van der Waals surface area contributed by atoms with E-state index in [1.807, 2.05) is 31.2 Å². The number of halogens is 2. The minimum absolute atomic E-state index is 0.147. The molecular formula is C19H15BrFN3O. The molecule has 0 aliphatic carbocycles. The van der Waals surface area contributed by atoms with Crippen LogP contribution in [0, 0.1) is 12.7 Å². The first-order valence-electron chi connectivity index (χ1n) is 7.92. The van der Waals surface area contributed by atoms with E-state index in [1.54, 1.807) is 23.0 Å².